The third-order valence-electron chi connectivity index (χ3n) is 8.20. The first-order chi connectivity index (χ1) is 22.3. The zero-order valence-corrected chi connectivity index (χ0v) is 27.7. The number of fused-ring (bicyclic) bond motifs is 1. The number of nitrogens with one attached hydrogen (secondary N) is 1. The van der Waals surface area contributed by atoms with Crippen LogP contribution in [-0.2, 0) is 24.2 Å². The van der Waals surface area contributed by atoms with E-state index < -0.39 is 0 Å². The number of amides is 1. The van der Waals surface area contributed by atoms with Gasteiger partial charge in [0.25, 0.3) is 0 Å². The lowest BCUT2D eigenvalue weighted by molar-refractivity contribution is -0.121. The van der Waals surface area contributed by atoms with Gasteiger partial charge in [-0.15, -0.1) is 0 Å². The van der Waals surface area contributed by atoms with Crippen molar-refractivity contribution in [3.63, 3.8) is 0 Å². The minimum atomic E-state index is -0.0223. The van der Waals surface area contributed by atoms with Gasteiger partial charge in [0.2, 0.25) is 5.91 Å². The van der Waals surface area contributed by atoms with Crippen molar-refractivity contribution < 1.29 is 23.7 Å². The van der Waals surface area contributed by atoms with Crippen molar-refractivity contribution in [3.8, 4) is 34.1 Å². The van der Waals surface area contributed by atoms with E-state index in [1.807, 2.05) is 66.9 Å². The summed E-state index contributed by atoms with van der Waals surface area (Å²) in [5.74, 6) is 2.92. The Morgan fingerprint density at radius 3 is 2.41 bits per heavy atom. The van der Waals surface area contributed by atoms with Crippen LogP contribution in [0.1, 0.15) is 42.3 Å². The first kappa shape index (κ1) is 32.7. The van der Waals surface area contributed by atoms with Crippen molar-refractivity contribution in [1.29, 1.82) is 0 Å². The number of hydrogen-bond donors (Lipinski definition) is 1. The average molecular weight is 642 g/mol. The van der Waals surface area contributed by atoms with Crippen molar-refractivity contribution in [3.05, 3.63) is 107 Å². The molecule has 5 rings (SSSR count). The lowest BCUT2D eigenvalue weighted by Gasteiger charge is -2.16. The van der Waals surface area contributed by atoms with Crippen molar-refractivity contribution in [2.75, 3.05) is 28.4 Å². The topological polar surface area (TPSA) is 83.3 Å². The SMILES string of the molecule is COc1cccc(-c2ccc(OC)c(Cc3c(CNC(=O)CCC(C)Cc4ccc(OC)c(OC)c4Cl)nc4ccccn34)c2)c1. The second kappa shape index (κ2) is 15.1. The summed E-state index contributed by atoms with van der Waals surface area (Å²) in [6, 6.07) is 23.9. The van der Waals surface area contributed by atoms with Gasteiger partial charge in [-0.2, -0.15) is 0 Å². The van der Waals surface area contributed by atoms with Gasteiger partial charge in [0, 0.05) is 24.6 Å². The number of carbonyl (C=O) groups excluding carboxylic acids is 1. The van der Waals surface area contributed by atoms with Crippen LogP contribution in [0.2, 0.25) is 5.02 Å². The Kier molecular flexibility index (Phi) is 10.7. The highest BCUT2D eigenvalue weighted by Gasteiger charge is 2.18. The number of carbonyl (C=O) groups is 1. The minimum absolute atomic E-state index is 0.0223. The molecule has 0 aliphatic carbocycles. The van der Waals surface area contributed by atoms with Crippen LogP contribution in [0, 0.1) is 5.92 Å². The molecular formula is C37H40ClN3O5. The molecule has 9 heteroatoms. The molecule has 5 aromatic rings. The fourth-order valence-electron chi connectivity index (χ4n) is 5.72. The molecule has 1 atom stereocenters. The summed E-state index contributed by atoms with van der Waals surface area (Å²) in [4.78, 5) is 17.9. The number of nitrogens with zero attached hydrogens (tertiary/aromatic N) is 2. The molecule has 3 aromatic carbocycles. The zero-order valence-electron chi connectivity index (χ0n) is 26.9. The number of methoxy groups -OCH3 is 4. The molecule has 1 amide bonds. The number of aromatic nitrogens is 2. The molecular weight excluding hydrogens is 602 g/mol. The van der Waals surface area contributed by atoms with Gasteiger partial charge in [-0.3, -0.25) is 4.79 Å². The van der Waals surface area contributed by atoms with Crippen LogP contribution in [0.4, 0.5) is 0 Å². The number of pyridine rings is 1. The molecule has 0 bridgehead atoms. The monoisotopic (exact) mass is 641 g/mol. The Morgan fingerprint density at radius 1 is 0.870 bits per heavy atom. The molecule has 0 radical (unpaired) electrons. The number of rotatable bonds is 14. The molecule has 0 fully saturated rings. The van der Waals surface area contributed by atoms with Crippen LogP contribution in [0.25, 0.3) is 16.8 Å². The predicted octanol–water partition coefficient (Wildman–Crippen LogP) is 7.56. The highest BCUT2D eigenvalue weighted by Crippen LogP contribution is 2.38. The predicted molar refractivity (Wildman–Crippen MR) is 181 cm³/mol. The Balaban J connectivity index is 1.29. The normalized spacial score (nSPS) is 11.7. The lowest BCUT2D eigenvalue weighted by Crippen LogP contribution is -2.24. The maximum Gasteiger partial charge on any atom is 0.220 e. The van der Waals surface area contributed by atoms with E-state index in [2.05, 4.69) is 28.8 Å². The summed E-state index contributed by atoms with van der Waals surface area (Å²) >= 11 is 6.59. The van der Waals surface area contributed by atoms with Crippen molar-refractivity contribution in [2.45, 2.75) is 39.2 Å². The van der Waals surface area contributed by atoms with E-state index in [9.17, 15) is 4.79 Å². The fraction of sp³-hybridized carbons (Fsp3) is 0.297. The van der Waals surface area contributed by atoms with Crippen molar-refractivity contribution in [1.82, 2.24) is 14.7 Å². The van der Waals surface area contributed by atoms with Gasteiger partial charge in [0.1, 0.15) is 17.1 Å². The maximum atomic E-state index is 13.0. The third-order valence-corrected chi connectivity index (χ3v) is 8.62. The second-order valence-corrected chi connectivity index (χ2v) is 11.6. The van der Waals surface area contributed by atoms with E-state index in [1.54, 1.807) is 28.4 Å². The standard InChI is InChI=1S/C37H40ClN3O5/c1-24(19-27-14-16-33(45-4)37(46-5)36(27)38)12-17-35(42)39-23-30-31(41-18-7-6-11-34(41)40-30)22-28-20-26(13-15-32(28)44-3)25-9-8-10-29(21-25)43-2/h6-11,13-16,18,20-21,24H,12,17,19,22-23H2,1-5H3,(H,39,42). The highest BCUT2D eigenvalue weighted by molar-refractivity contribution is 6.33. The van der Waals surface area contributed by atoms with E-state index in [1.165, 1.54) is 0 Å². The molecule has 1 unspecified atom stereocenters. The Morgan fingerprint density at radius 2 is 1.65 bits per heavy atom. The molecule has 0 saturated heterocycles. The van der Waals surface area contributed by atoms with E-state index >= 15 is 0 Å². The molecule has 8 nitrogen and oxygen atoms in total. The van der Waals surface area contributed by atoms with Crippen LogP contribution in [0.5, 0.6) is 23.0 Å². The summed E-state index contributed by atoms with van der Waals surface area (Å²) in [6.07, 6.45) is 4.40. The molecule has 2 heterocycles. The molecule has 0 aliphatic rings. The Labute approximate surface area is 275 Å². The number of imidazole rings is 1. The molecule has 1 N–H and O–H groups in total. The fourth-order valence-corrected chi connectivity index (χ4v) is 6.03. The van der Waals surface area contributed by atoms with E-state index in [-0.39, 0.29) is 11.8 Å². The van der Waals surface area contributed by atoms with Gasteiger partial charge >= 0.3 is 0 Å². The third kappa shape index (κ3) is 7.40. The second-order valence-electron chi connectivity index (χ2n) is 11.3. The number of hydrogen-bond acceptors (Lipinski definition) is 6. The minimum Gasteiger partial charge on any atom is -0.497 e. The van der Waals surface area contributed by atoms with E-state index in [4.69, 9.17) is 35.5 Å². The van der Waals surface area contributed by atoms with E-state index in [0.717, 1.165) is 57.2 Å². The van der Waals surface area contributed by atoms with Crippen molar-refractivity contribution in [2.24, 2.45) is 5.92 Å². The first-order valence-corrected chi connectivity index (χ1v) is 15.6. The summed E-state index contributed by atoms with van der Waals surface area (Å²) in [5, 5.41) is 3.65. The lowest BCUT2D eigenvalue weighted by atomic mass is 9.96. The van der Waals surface area contributed by atoms with Gasteiger partial charge in [-0.1, -0.05) is 48.9 Å². The van der Waals surface area contributed by atoms with Crippen LogP contribution in [0.15, 0.2) is 79.0 Å². The van der Waals surface area contributed by atoms with Gasteiger partial charge in [0.05, 0.1) is 51.4 Å². The zero-order chi connectivity index (χ0) is 32.6. The summed E-state index contributed by atoms with van der Waals surface area (Å²) < 4.78 is 24.1. The largest absolute Gasteiger partial charge is 0.497 e. The average Bonchev–Trinajstić information content (AvgIpc) is 3.44. The molecule has 0 saturated carbocycles. The van der Waals surface area contributed by atoms with Gasteiger partial charge in [0.15, 0.2) is 11.5 Å². The smallest absolute Gasteiger partial charge is 0.220 e. The summed E-state index contributed by atoms with van der Waals surface area (Å²) in [7, 11) is 6.51. The molecule has 46 heavy (non-hydrogen) atoms. The van der Waals surface area contributed by atoms with E-state index in [0.29, 0.717) is 42.3 Å². The van der Waals surface area contributed by atoms with Crippen LogP contribution in [0.3, 0.4) is 0 Å². The number of ether oxygens (including phenoxy) is 4. The first-order valence-electron chi connectivity index (χ1n) is 15.3. The molecule has 0 spiro atoms. The highest BCUT2D eigenvalue weighted by atomic mass is 35.5. The van der Waals surface area contributed by atoms with Crippen LogP contribution >= 0.6 is 11.6 Å². The van der Waals surface area contributed by atoms with Gasteiger partial charge in [-0.05, 0) is 77.9 Å². The van der Waals surface area contributed by atoms with Crippen LogP contribution < -0.4 is 24.3 Å². The molecule has 2 aromatic heterocycles. The quantitative estimate of drug-likeness (QED) is 0.135. The molecule has 240 valence electrons. The Hall–Kier alpha value is -4.69. The van der Waals surface area contributed by atoms with Gasteiger partial charge < -0.3 is 28.7 Å². The number of benzene rings is 3. The Bertz CT molecular complexity index is 1820. The van der Waals surface area contributed by atoms with Gasteiger partial charge in [-0.25, -0.2) is 4.98 Å². The number of halogens is 1. The van der Waals surface area contributed by atoms with Crippen LogP contribution in [-0.4, -0.2) is 43.7 Å². The summed E-state index contributed by atoms with van der Waals surface area (Å²) in [6.45, 7) is 2.44. The maximum absolute atomic E-state index is 13.0. The summed E-state index contributed by atoms with van der Waals surface area (Å²) in [5.41, 5.74) is 6.73. The molecule has 0 aliphatic heterocycles. The van der Waals surface area contributed by atoms with Crippen molar-refractivity contribution >= 4 is 23.2 Å².